The fraction of sp³-hybridized carbons (Fsp3) is 0.933. The van der Waals surface area contributed by atoms with E-state index in [9.17, 15) is 9.90 Å². The molecule has 0 heterocycles. The Morgan fingerprint density at radius 2 is 2.20 bits per heavy atom. The van der Waals surface area contributed by atoms with Crippen molar-refractivity contribution in [2.45, 2.75) is 70.1 Å². The molecule has 0 aromatic heterocycles. The number of aliphatic carboxylic acids is 1. The van der Waals surface area contributed by atoms with E-state index in [0.717, 1.165) is 25.8 Å². The zero-order valence-corrected chi connectivity index (χ0v) is 13.2. The molecule has 1 aliphatic rings. The minimum atomic E-state index is -0.794. The van der Waals surface area contributed by atoms with E-state index in [1.54, 1.807) is 7.11 Å². The van der Waals surface area contributed by atoms with Crippen molar-refractivity contribution in [1.82, 2.24) is 5.32 Å². The normalized spacial score (nSPS) is 26.9. The second-order valence-electron chi connectivity index (χ2n) is 6.26. The molecule has 1 rings (SSSR count). The molecule has 20 heavy (non-hydrogen) atoms. The van der Waals surface area contributed by atoms with Crippen molar-refractivity contribution in [3.8, 4) is 0 Å². The Bertz CT molecular complexity index is 319. The van der Waals surface area contributed by atoms with Crippen LogP contribution in [0.25, 0.3) is 0 Å². The molecule has 2 unspecified atom stereocenters. The van der Waals surface area contributed by atoms with Crippen LogP contribution in [0.5, 0.6) is 0 Å². The third kappa shape index (κ3) is 4.72. The molecule has 0 aromatic carbocycles. The molecule has 0 radical (unpaired) electrons. The molecule has 1 aliphatic carbocycles. The van der Waals surface area contributed by atoms with Crippen LogP contribution in [0.4, 0.5) is 0 Å². The Labute approximate surface area is 122 Å². The van der Waals surface area contributed by atoms with Gasteiger partial charge in [0.1, 0.15) is 5.54 Å². The lowest BCUT2D eigenvalue weighted by Crippen LogP contribution is -2.50. The van der Waals surface area contributed by atoms with Crippen LogP contribution in [0.15, 0.2) is 0 Å². The fourth-order valence-corrected chi connectivity index (χ4v) is 2.51. The Kier molecular flexibility index (Phi) is 6.43. The number of carbonyl (C=O) groups is 1. The lowest BCUT2D eigenvalue weighted by Gasteiger charge is -2.26. The van der Waals surface area contributed by atoms with Crippen LogP contribution in [0.1, 0.15) is 52.9 Å². The maximum atomic E-state index is 11.5. The largest absolute Gasteiger partial charge is 0.480 e. The summed E-state index contributed by atoms with van der Waals surface area (Å²) in [6.07, 6.45) is 3.76. The SMILES string of the molecule is CCCNC1(C(=O)O)CCC(OCCC(C)(C)OC)C1. The van der Waals surface area contributed by atoms with Crippen LogP contribution in [-0.2, 0) is 14.3 Å². The zero-order chi connectivity index (χ0) is 15.2. The summed E-state index contributed by atoms with van der Waals surface area (Å²) in [5.41, 5.74) is -0.986. The van der Waals surface area contributed by atoms with E-state index in [1.165, 1.54) is 0 Å². The average Bonchev–Trinajstić information content (AvgIpc) is 2.81. The van der Waals surface area contributed by atoms with Gasteiger partial charge < -0.3 is 19.9 Å². The van der Waals surface area contributed by atoms with Gasteiger partial charge in [-0.15, -0.1) is 0 Å². The van der Waals surface area contributed by atoms with Gasteiger partial charge >= 0.3 is 5.97 Å². The molecule has 2 atom stereocenters. The van der Waals surface area contributed by atoms with E-state index >= 15 is 0 Å². The van der Waals surface area contributed by atoms with Crippen molar-refractivity contribution in [1.29, 1.82) is 0 Å². The Balaban J connectivity index is 2.42. The third-order valence-corrected chi connectivity index (χ3v) is 4.20. The highest BCUT2D eigenvalue weighted by Gasteiger charge is 2.45. The van der Waals surface area contributed by atoms with E-state index in [2.05, 4.69) is 5.32 Å². The quantitative estimate of drug-likeness (QED) is 0.680. The number of nitrogens with one attached hydrogen (secondary N) is 1. The number of hydrogen-bond donors (Lipinski definition) is 2. The van der Waals surface area contributed by atoms with Crippen molar-refractivity contribution in [2.75, 3.05) is 20.3 Å². The highest BCUT2D eigenvalue weighted by molar-refractivity contribution is 5.79. The lowest BCUT2D eigenvalue weighted by atomic mass is 9.97. The summed E-state index contributed by atoms with van der Waals surface area (Å²) in [5, 5.41) is 12.7. The first kappa shape index (κ1) is 17.4. The molecule has 0 saturated heterocycles. The predicted molar refractivity (Wildman–Crippen MR) is 78.0 cm³/mol. The molecule has 5 heteroatoms. The van der Waals surface area contributed by atoms with Gasteiger partial charge in [-0.1, -0.05) is 6.92 Å². The topological polar surface area (TPSA) is 67.8 Å². The van der Waals surface area contributed by atoms with Crippen molar-refractivity contribution in [3.63, 3.8) is 0 Å². The van der Waals surface area contributed by atoms with Crippen molar-refractivity contribution in [3.05, 3.63) is 0 Å². The second kappa shape index (κ2) is 7.38. The van der Waals surface area contributed by atoms with Crippen LogP contribution in [0.2, 0.25) is 0 Å². The van der Waals surface area contributed by atoms with Gasteiger partial charge in [-0.25, -0.2) is 0 Å². The molecule has 1 saturated carbocycles. The van der Waals surface area contributed by atoms with Crippen LogP contribution >= 0.6 is 0 Å². The van der Waals surface area contributed by atoms with Crippen LogP contribution in [0.3, 0.4) is 0 Å². The summed E-state index contributed by atoms with van der Waals surface area (Å²) in [7, 11) is 1.69. The van der Waals surface area contributed by atoms with E-state index < -0.39 is 11.5 Å². The van der Waals surface area contributed by atoms with Gasteiger partial charge in [-0.3, -0.25) is 4.79 Å². The number of carboxylic acid groups (broad SMARTS) is 1. The minimum absolute atomic E-state index is 0.0307. The zero-order valence-electron chi connectivity index (χ0n) is 13.2. The minimum Gasteiger partial charge on any atom is -0.480 e. The number of hydrogen-bond acceptors (Lipinski definition) is 4. The average molecular weight is 287 g/mol. The Hall–Kier alpha value is -0.650. The number of carboxylic acids is 1. The first-order valence-corrected chi connectivity index (χ1v) is 7.50. The Morgan fingerprint density at radius 1 is 1.50 bits per heavy atom. The summed E-state index contributed by atoms with van der Waals surface area (Å²) in [5.74, 6) is -0.755. The van der Waals surface area contributed by atoms with Gasteiger partial charge in [0.2, 0.25) is 0 Å². The summed E-state index contributed by atoms with van der Waals surface area (Å²) in [6.45, 7) is 7.42. The van der Waals surface area contributed by atoms with Gasteiger partial charge in [0, 0.05) is 20.1 Å². The van der Waals surface area contributed by atoms with Gasteiger partial charge in [0.15, 0.2) is 0 Å². The maximum absolute atomic E-state index is 11.5. The molecule has 1 fully saturated rings. The van der Waals surface area contributed by atoms with E-state index in [-0.39, 0.29) is 11.7 Å². The van der Waals surface area contributed by atoms with Crippen LogP contribution < -0.4 is 5.32 Å². The monoisotopic (exact) mass is 287 g/mol. The molecule has 2 N–H and O–H groups in total. The fourth-order valence-electron chi connectivity index (χ4n) is 2.51. The van der Waals surface area contributed by atoms with E-state index in [0.29, 0.717) is 19.4 Å². The maximum Gasteiger partial charge on any atom is 0.323 e. The molecule has 0 aromatic rings. The smallest absolute Gasteiger partial charge is 0.323 e. The van der Waals surface area contributed by atoms with E-state index in [4.69, 9.17) is 9.47 Å². The summed E-state index contributed by atoms with van der Waals surface area (Å²) in [6, 6.07) is 0. The first-order valence-electron chi connectivity index (χ1n) is 7.50. The van der Waals surface area contributed by atoms with Crippen molar-refractivity contribution >= 4 is 5.97 Å². The first-order chi connectivity index (χ1) is 9.35. The molecule has 0 bridgehead atoms. The predicted octanol–water partition coefficient (Wildman–Crippen LogP) is 2.19. The van der Waals surface area contributed by atoms with Gasteiger partial charge in [-0.05, 0) is 46.1 Å². The second-order valence-corrected chi connectivity index (χ2v) is 6.26. The number of methoxy groups -OCH3 is 1. The van der Waals surface area contributed by atoms with E-state index in [1.807, 2.05) is 20.8 Å². The van der Waals surface area contributed by atoms with Gasteiger partial charge in [0.05, 0.1) is 11.7 Å². The molecule has 0 aliphatic heterocycles. The molecule has 5 nitrogen and oxygen atoms in total. The summed E-state index contributed by atoms with van der Waals surface area (Å²) in [4.78, 5) is 11.5. The number of ether oxygens (including phenoxy) is 2. The highest BCUT2D eigenvalue weighted by Crippen LogP contribution is 2.32. The third-order valence-electron chi connectivity index (χ3n) is 4.20. The molecular formula is C15H29NO4. The van der Waals surface area contributed by atoms with Crippen molar-refractivity contribution < 1.29 is 19.4 Å². The summed E-state index contributed by atoms with van der Waals surface area (Å²) >= 11 is 0. The van der Waals surface area contributed by atoms with Gasteiger partial charge in [0.25, 0.3) is 0 Å². The highest BCUT2D eigenvalue weighted by atomic mass is 16.5. The van der Waals surface area contributed by atoms with Gasteiger partial charge in [-0.2, -0.15) is 0 Å². The van der Waals surface area contributed by atoms with Crippen LogP contribution in [0, 0.1) is 0 Å². The van der Waals surface area contributed by atoms with Crippen molar-refractivity contribution in [2.24, 2.45) is 0 Å². The Morgan fingerprint density at radius 3 is 2.75 bits per heavy atom. The molecular weight excluding hydrogens is 258 g/mol. The standard InChI is InChI=1S/C15H29NO4/c1-5-9-16-15(13(17)18)7-6-12(11-15)20-10-8-14(2,3)19-4/h12,16H,5-11H2,1-4H3,(H,17,18). The number of rotatable bonds is 9. The summed E-state index contributed by atoms with van der Waals surface area (Å²) < 4.78 is 11.2. The lowest BCUT2D eigenvalue weighted by molar-refractivity contribution is -0.145. The molecule has 0 spiro atoms. The molecule has 118 valence electrons. The van der Waals surface area contributed by atoms with Crippen LogP contribution in [-0.4, -0.2) is 48.6 Å². The molecule has 0 amide bonds.